The zero-order valence-corrected chi connectivity index (χ0v) is 14.9. The van der Waals surface area contributed by atoms with E-state index in [9.17, 15) is 18.0 Å². The van der Waals surface area contributed by atoms with E-state index in [1.807, 2.05) is 24.3 Å². The normalized spacial score (nSPS) is 21.3. The van der Waals surface area contributed by atoms with Crippen LogP contribution in [0.15, 0.2) is 48.5 Å². The minimum absolute atomic E-state index is 0.0177. The average molecular weight is 362 g/mol. The molecule has 0 aromatic heterocycles. The number of Topliss-reactive ketones (excluding diaryl/α,β-unsaturated/α-hetero) is 1. The van der Waals surface area contributed by atoms with Gasteiger partial charge in [0.15, 0.2) is 5.78 Å². The van der Waals surface area contributed by atoms with E-state index in [1.165, 1.54) is 12.1 Å². The van der Waals surface area contributed by atoms with Gasteiger partial charge in [0.1, 0.15) is 5.75 Å². The van der Waals surface area contributed by atoms with Crippen LogP contribution in [0.25, 0.3) is 0 Å². The third kappa shape index (κ3) is 3.48. The molecular formula is C21H21F3O2. The molecule has 0 saturated heterocycles. The molecule has 1 saturated carbocycles. The first-order chi connectivity index (χ1) is 12.1. The Hall–Kier alpha value is -2.30. The predicted molar refractivity (Wildman–Crippen MR) is 93.4 cm³/mol. The highest BCUT2D eigenvalue weighted by Crippen LogP contribution is 2.66. The Morgan fingerprint density at radius 3 is 2.12 bits per heavy atom. The standard InChI is InChI=1S/C21H21F3O2/c1-20(2)17(19(20)14-6-10-16(26-3)11-7-14)12-18(25)13-4-8-15(9-5-13)21(22,23)24/h4-11,17,19H,12H2,1-3H3/t17?,19-/m0/s1. The maximum absolute atomic E-state index is 12.6. The quantitative estimate of drug-likeness (QED) is 0.635. The molecule has 1 aliphatic carbocycles. The van der Waals surface area contributed by atoms with Gasteiger partial charge in [-0.3, -0.25) is 4.79 Å². The Bertz CT molecular complexity index is 790. The Balaban J connectivity index is 1.71. The largest absolute Gasteiger partial charge is 0.497 e. The maximum atomic E-state index is 12.6. The van der Waals surface area contributed by atoms with Crippen molar-refractivity contribution in [3.05, 3.63) is 65.2 Å². The van der Waals surface area contributed by atoms with Crippen molar-refractivity contribution in [1.29, 1.82) is 0 Å². The maximum Gasteiger partial charge on any atom is 0.416 e. The summed E-state index contributed by atoms with van der Waals surface area (Å²) in [5, 5.41) is 0. The van der Waals surface area contributed by atoms with Crippen LogP contribution in [0.1, 0.15) is 47.7 Å². The van der Waals surface area contributed by atoms with Crippen LogP contribution in [0.4, 0.5) is 13.2 Å². The Labute approximate surface area is 151 Å². The van der Waals surface area contributed by atoms with Crippen LogP contribution in [-0.2, 0) is 6.18 Å². The van der Waals surface area contributed by atoms with E-state index in [-0.39, 0.29) is 23.0 Å². The summed E-state index contributed by atoms with van der Waals surface area (Å²) in [7, 11) is 1.61. The van der Waals surface area contributed by atoms with Crippen LogP contribution in [0, 0.1) is 11.3 Å². The fourth-order valence-electron chi connectivity index (χ4n) is 3.76. The molecule has 138 valence electrons. The van der Waals surface area contributed by atoms with Gasteiger partial charge in [-0.2, -0.15) is 13.2 Å². The summed E-state index contributed by atoms with van der Waals surface area (Å²) in [5.41, 5.74) is 0.725. The van der Waals surface area contributed by atoms with Gasteiger partial charge in [0.25, 0.3) is 0 Å². The van der Waals surface area contributed by atoms with Gasteiger partial charge < -0.3 is 4.74 Å². The average Bonchev–Trinajstić information content (AvgIpc) is 3.14. The summed E-state index contributed by atoms with van der Waals surface area (Å²) in [6.07, 6.45) is -4.06. The van der Waals surface area contributed by atoms with Crippen LogP contribution in [0.2, 0.25) is 0 Å². The molecule has 5 heteroatoms. The van der Waals surface area contributed by atoms with Crippen molar-refractivity contribution in [3.63, 3.8) is 0 Å². The number of carbonyl (C=O) groups excluding carboxylic acids is 1. The number of hydrogen-bond donors (Lipinski definition) is 0. The molecule has 26 heavy (non-hydrogen) atoms. The van der Waals surface area contributed by atoms with Crippen molar-refractivity contribution in [3.8, 4) is 5.75 Å². The predicted octanol–water partition coefficient (Wildman–Crippen LogP) is 5.73. The van der Waals surface area contributed by atoms with E-state index < -0.39 is 11.7 Å². The second-order valence-electron chi connectivity index (χ2n) is 7.38. The molecule has 2 atom stereocenters. The first-order valence-corrected chi connectivity index (χ1v) is 8.49. The van der Waals surface area contributed by atoms with Gasteiger partial charge in [-0.05, 0) is 47.1 Å². The van der Waals surface area contributed by atoms with Gasteiger partial charge in [-0.25, -0.2) is 0 Å². The van der Waals surface area contributed by atoms with Gasteiger partial charge in [-0.15, -0.1) is 0 Å². The van der Waals surface area contributed by atoms with Gasteiger partial charge in [0.2, 0.25) is 0 Å². The zero-order valence-electron chi connectivity index (χ0n) is 14.9. The van der Waals surface area contributed by atoms with Gasteiger partial charge >= 0.3 is 6.18 Å². The van der Waals surface area contributed by atoms with E-state index >= 15 is 0 Å². The Kier molecular flexibility index (Phi) is 4.59. The summed E-state index contributed by atoms with van der Waals surface area (Å²) in [6.45, 7) is 4.24. The number of alkyl halides is 3. The molecular weight excluding hydrogens is 341 g/mol. The van der Waals surface area contributed by atoms with Gasteiger partial charge in [0, 0.05) is 12.0 Å². The van der Waals surface area contributed by atoms with Gasteiger partial charge in [0.05, 0.1) is 12.7 Å². The smallest absolute Gasteiger partial charge is 0.416 e. The van der Waals surface area contributed by atoms with Crippen LogP contribution in [0.5, 0.6) is 5.75 Å². The number of ether oxygens (including phenoxy) is 1. The van der Waals surface area contributed by atoms with Crippen molar-refractivity contribution in [2.45, 2.75) is 32.4 Å². The molecule has 0 spiro atoms. The summed E-state index contributed by atoms with van der Waals surface area (Å²) in [4.78, 5) is 12.5. The number of benzene rings is 2. The molecule has 2 aromatic carbocycles. The van der Waals surface area contributed by atoms with Crippen molar-refractivity contribution in [1.82, 2.24) is 0 Å². The lowest BCUT2D eigenvalue weighted by Gasteiger charge is -2.07. The first-order valence-electron chi connectivity index (χ1n) is 8.49. The summed E-state index contributed by atoms with van der Waals surface area (Å²) < 4.78 is 43.1. The van der Waals surface area contributed by atoms with Crippen molar-refractivity contribution < 1.29 is 22.7 Å². The van der Waals surface area contributed by atoms with E-state index in [2.05, 4.69) is 13.8 Å². The Morgan fingerprint density at radius 2 is 1.62 bits per heavy atom. The van der Waals surface area contributed by atoms with Crippen molar-refractivity contribution >= 4 is 5.78 Å². The molecule has 0 aliphatic heterocycles. The number of carbonyl (C=O) groups is 1. The lowest BCUT2D eigenvalue weighted by molar-refractivity contribution is -0.137. The van der Waals surface area contributed by atoms with Gasteiger partial charge in [-0.1, -0.05) is 38.1 Å². The highest BCUT2D eigenvalue weighted by molar-refractivity contribution is 5.96. The minimum Gasteiger partial charge on any atom is -0.497 e. The summed E-state index contributed by atoms with van der Waals surface area (Å²) in [6, 6.07) is 12.3. The van der Waals surface area contributed by atoms with E-state index in [0.29, 0.717) is 12.0 Å². The highest BCUT2D eigenvalue weighted by Gasteiger charge is 2.58. The Morgan fingerprint density at radius 1 is 1.04 bits per heavy atom. The second-order valence-corrected chi connectivity index (χ2v) is 7.38. The fraction of sp³-hybridized carbons (Fsp3) is 0.381. The van der Waals surface area contributed by atoms with Crippen molar-refractivity contribution in [2.75, 3.05) is 7.11 Å². The molecule has 1 aliphatic rings. The molecule has 0 N–H and O–H groups in total. The first kappa shape index (κ1) is 18.5. The monoisotopic (exact) mass is 362 g/mol. The molecule has 1 fully saturated rings. The number of hydrogen-bond acceptors (Lipinski definition) is 2. The SMILES string of the molecule is COc1ccc([C@H]2C(CC(=O)c3ccc(C(F)(F)F)cc3)C2(C)C)cc1. The summed E-state index contributed by atoms with van der Waals surface area (Å²) in [5.74, 6) is 1.09. The highest BCUT2D eigenvalue weighted by atomic mass is 19.4. The van der Waals surface area contributed by atoms with Crippen LogP contribution >= 0.6 is 0 Å². The lowest BCUT2D eigenvalue weighted by atomic mass is 10.0. The molecule has 0 heterocycles. The molecule has 1 unspecified atom stereocenters. The number of methoxy groups -OCH3 is 1. The second kappa shape index (κ2) is 6.45. The molecule has 2 nitrogen and oxygen atoms in total. The zero-order chi connectivity index (χ0) is 19.1. The fourth-order valence-corrected chi connectivity index (χ4v) is 3.76. The molecule has 0 radical (unpaired) electrons. The van der Waals surface area contributed by atoms with E-state index in [1.54, 1.807) is 7.11 Å². The number of ketones is 1. The molecule has 0 amide bonds. The van der Waals surface area contributed by atoms with E-state index in [0.717, 1.165) is 23.4 Å². The van der Waals surface area contributed by atoms with Crippen LogP contribution < -0.4 is 4.74 Å². The molecule has 0 bridgehead atoms. The summed E-state index contributed by atoms with van der Waals surface area (Å²) >= 11 is 0. The lowest BCUT2D eigenvalue weighted by Crippen LogP contribution is -2.07. The minimum atomic E-state index is -4.39. The van der Waals surface area contributed by atoms with Crippen LogP contribution in [0.3, 0.4) is 0 Å². The topological polar surface area (TPSA) is 26.3 Å². The van der Waals surface area contributed by atoms with E-state index in [4.69, 9.17) is 4.74 Å². The number of rotatable bonds is 5. The third-order valence-corrected chi connectivity index (χ3v) is 5.46. The van der Waals surface area contributed by atoms with Crippen LogP contribution in [-0.4, -0.2) is 12.9 Å². The third-order valence-electron chi connectivity index (χ3n) is 5.46. The number of halogens is 3. The molecule has 2 aromatic rings. The van der Waals surface area contributed by atoms with Crippen molar-refractivity contribution in [2.24, 2.45) is 11.3 Å². The molecule has 3 rings (SSSR count).